The fourth-order valence-corrected chi connectivity index (χ4v) is 1.77. The number of H-pyrrole nitrogens is 2. The van der Waals surface area contributed by atoms with E-state index >= 15 is 0 Å². The molecule has 0 aliphatic rings. The van der Waals surface area contributed by atoms with Crippen LogP contribution in [0.2, 0.25) is 0 Å². The number of aromatic amines is 2. The average molecular weight is 263 g/mol. The number of hydrogen-bond acceptors (Lipinski definition) is 4. The van der Waals surface area contributed by atoms with Crippen molar-refractivity contribution in [3.05, 3.63) is 34.2 Å². The predicted molar refractivity (Wildman–Crippen MR) is 67.4 cm³/mol. The number of benzene rings is 1. The van der Waals surface area contributed by atoms with E-state index in [4.69, 9.17) is 0 Å². The molecule has 0 radical (unpaired) electrons. The lowest BCUT2D eigenvalue weighted by Gasteiger charge is -2.15. The number of rotatable bonds is 2. The molecule has 1 heterocycles. The molecule has 2 aromatic rings. The highest BCUT2D eigenvalue weighted by atomic mass is 16.5. The van der Waals surface area contributed by atoms with Gasteiger partial charge in [-0.05, 0) is 17.7 Å². The van der Waals surface area contributed by atoms with Crippen LogP contribution < -0.4 is 5.69 Å². The Morgan fingerprint density at radius 1 is 1.26 bits per heavy atom. The molecule has 0 fully saturated rings. The first kappa shape index (κ1) is 12.9. The first-order chi connectivity index (χ1) is 9.01. The van der Waals surface area contributed by atoms with E-state index in [1.807, 2.05) is 0 Å². The number of aromatic nitrogens is 2. The zero-order valence-corrected chi connectivity index (χ0v) is 10.5. The molecule has 19 heavy (non-hydrogen) atoms. The second-order valence-corrected chi connectivity index (χ2v) is 4.11. The lowest BCUT2D eigenvalue weighted by atomic mass is 10.2. The molecule has 7 nitrogen and oxygen atoms in total. The van der Waals surface area contributed by atoms with Crippen LogP contribution in [0.5, 0.6) is 0 Å². The number of ether oxygens (including phenoxy) is 1. The Balaban J connectivity index is 2.19. The van der Waals surface area contributed by atoms with Crippen LogP contribution in [0.4, 0.5) is 0 Å². The van der Waals surface area contributed by atoms with Crippen molar-refractivity contribution in [3.63, 3.8) is 0 Å². The zero-order valence-electron chi connectivity index (χ0n) is 10.5. The second-order valence-electron chi connectivity index (χ2n) is 4.11. The van der Waals surface area contributed by atoms with Crippen molar-refractivity contribution in [2.24, 2.45) is 0 Å². The van der Waals surface area contributed by atoms with E-state index in [0.717, 1.165) is 12.7 Å². The van der Waals surface area contributed by atoms with E-state index in [2.05, 4.69) is 14.7 Å². The van der Waals surface area contributed by atoms with E-state index in [1.165, 1.54) is 11.9 Å². The molecule has 2 N–H and O–H groups in total. The Hall–Kier alpha value is -2.57. The molecule has 1 aromatic heterocycles. The summed E-state index contributed by atoms with van der Waals surface area (Å²) in [5.74, 6) is -1.62. The second kappa shape index (κ2) is 4.97. The molecule has 1 aromatic carbocycles. The van der Waals surface area contributed by atoms with Crippen LogP contribution in [0.25, 0.3) is 11.0 Å². The number of likely N-dealkylation sites (N-methyl/N-ethyl adjacent to an activating group) is 1. The van der Waals surface area contributed by atoms with Crippen LogP contribution in [0.1, 0.15) is 5.56 Å². The quantitative estimate of drug-likeness (QED) is 0.588. The standard InChI is InChI=1S/C12H13N3O4/c1-15(10(16)11(17)19-2)6-7-3-4-8-9(5-7)14-12(18)13-8/h3-5H,6H2,1-2H3,(H2,13,14,18). The number of carbonyl (C=O) groups is 2. The molecule has 0 aliphatic heterocycles. The van der Waals surface area contributed by atoms with Gasteiger partial charge in [0.25, 0.3) is 0 Å². The van der Waals surface area contributed by atoms with Crippen molar-refractivity contribution in [2.45, 2.75) is 6.54 Å². The predicted octanol–water partition coefficient (Wildman–Crippen LogP) is -0.0124. The van der Waals surface area contributed by atoms with Crippen LogP contribution in [0, 0.1) is 0 Å². The number of nitrogens with one attached hydrogen (secondary N) is 2. The van der Waals surface area contributed by atoms with Gasteiger partial charge in [-0.15, -0.1) is 0 Å². The van der Waals surface area contributed by atoms with Crippen LogP contribution in [-0.4, -0.2) is 40.9 Å². The molecule has 100 valence electrons. The first-order valence-electron chi connectivity index (χ1n) is 5.55. The third-order valence-electron chi connectivity index (χ3n) is 2.71. The maximum atomic E-state index is 11.5. The zero-order chi connectivity index (χ0) is 14.0. The van der Waals surface area contributed by atoms with Crippen molar-refractivity contribution in [3.8, 4) is 0 Å². The van der Waals surface area contributed by atoms with Crippen LogP contribution in [0.3, 0.4) is 0 Å². The third kappa shape index (κ3) is 2.65. The van der Waals surface area contributed by atoms with Crippen molar-refractivity contribution in [1.82, 2.24) is 14.9 Å². The van der Waals surface area contributed by atoms with E-state index in [1.54, 1.807) is 18.2 Å². The largest absolute Gasteiger partial charge is 0.462 e. The fourth-order valence-electron chi connectivity index (χ4n) is 1.77. The van der Waals surface area contributed by atoms with Gasteiger partial charge in [-0.2, -0.15) is 0 Å². The molecule has 0 saturated carbocycles. The number of esters is 1. The summed E-state index contributed by atoms with van der Waals surface area (Å²) in [6, 6.07) is 5.25. The van der Waals surface area contributed by atoms with Crippen LogP contribution >= 0.6 is 0 Å². The number of carbonyl (C=O) groups excluding carboxylic acids is 2. The fraction of sp³-hybridized carbons (Fsp3) is 0.250. The Morgan fingerprint density at radius 2 is 1.95 bits per heavy atom. The maximum Gasteiger partial charge on any atom is 0.396 e. The molecule has 0 saturated heterocycles. The Morgan fingerprint density at radius 3 is 2.63 bits per heavy atom. The minimum Gasteiger partial charge on any atom is -0.462 e. The van der Waals surface area contributed by atoms with Gasteiger partial charge in [-0.25, -0.2) is 9.59 Å². The van der Waals surface area contributed by atoms with Gasteiger partial charge in [0.1, 0.15) is 0 Å². The van der Waals surface area contributed by atoms with E-state index in [0.29, 0.717) is 11.0 Å². The monoisotopic (exact) mass is 263 g/mol. The van der Waals surface area contributed by atoms with Gasteiger partial charge in [0.2, 0.25) is 0 Å². The lowest BCUT2D eigenvalue weighted by Crippen LogP contribution is -2.33. The van der Waals surface area contributed by atoms with Gasteiger partial charge < -0.3 is 19.6 Å². The lowest BCUT2D eigenvalue weighted by molar-refractivity contribution is -0.157. The van der Waals surface area contributed by atoms with E-state index in [9.17, 15) is 14.4 Å². The van der Waals surface area contributed by atoms with Crippen molar-refractivity contribution < 1.29 is 14.3 Å². The highest BCUT2D eigenvalue weighted by Gasteiger charge is 2.19. The molecule has 0 spiro atoms. The van der Waals surface area contributed by atoms with Gasteiger partial charge >= 0.3 is 17.6 Å². The summed E-state index contributed by atoms with van der Waals surface area (Å²) in [5, 5.41) is 0. The minimum atomic E-state index is -0.904. The highest BCUT2D eigenvalue weighted by molar-refractivity contribution is 6.32. The summed E-state index contributed by atoms with van der Waals surface area (Å²) in [6.45, 7) is 0.247. The van der Waals surface area contributed by atoms with Gasteiger partial charge in [-0.3, -0.25) is 4.79 Å². The van der Waals surface area contributed by atoms with Crippen LogP contribution in [-0.2, 0) is 20.9 Å². The van der Waals surface area contributed by atoms with Crippen molar-refractivity contribution >= 4 is 22.9 Å². The summed E-state index contributed by atoms with van der Waals surface area (Å²) in [4.78, 5) is 40.2. The summed E-state index contributed by atoms with van der Waals surface area (Å²) < 4.78 is 4.36. The van der Waals surface area contributed by atoms with Crippen LogP contribution in [0.15, 0.2) is 23.0 Å². The Bertz CT molecular complexity index is 686. The summed E-state index contributed by atoms with van der Waals surface area (Å²) in [7, 11) is 2.66. The summed E-state index contributed by atoms with van der Waals surface area (Å²) >= 11 is 0. The number of amides is 1. The van der Waals surface area contributed by atoms with Crippen molar-refractivity contribution in [1.29, 1.82) is 0 Å². The number of methoxy groups -OCH3 is 1. The smallest absolute Gasteiger partial charge is 0.396 e. The molecule has 0 unspecified atom stereocenters. The van der Waals surface area contributed by atoms with Gasteiger partial charge in [-0.1, -0.05) is 6.07 Å². The highest BCUT2D eigenvalue weighted by Crippen LogP contribution is 2.11. The molecule has 0 bridgehead atoms. The molecular formula is C12H13N3O4. The minimum absolute atomic E-state index is 0.247. The van der Waals surface area contributed by atoms with Gasteiger partial charge in [0.15, 0.2) is 0 Å². The maximum absolute atomic E-state index is 11.5. The molecule has 0 aliphatic carbocycles. The molecule has 0 atom stereocenters. The molecule has 2 rings (SSSR count). The molecule has 1 amide bonds. The number of hydrogen-bond donors (Lipinski definition) is 2. The summed E-state index contributed by atoms with van der Waals surface area (Å²) in [6.07, 6.45) is 0. The summed E-state index contributed by atoms with van der Waals surface area (Å²) in [5.41, 5.74) is 1.85. The first-order valence-corrected chi connectivity index (χ1v) is 5.55. The average Bonchev–Trinajstić information content (AvgIpc) is 2.76. The number of imidazole rings is 1. The van der Waals surface area contributed by atoms with E-state index in [-0.39, 0.29) is 12.2 Å². The normalized spacial score (nSPS) is 10.4. The number of fused-ring (bicyclic) bond motifs is 1. The topological polar surface area (TPSA) is 95.3 Å². The van der Waals surface area contributed by atoms with Gasteiger partial charge in [0, 0.05) is 13.6 Å². The molecular weight excluding hydrogens is 250 g/mol. The Kier molecular flexibility index (Phi) is 3.37. The van der Waals surface area contributed by atoms with Gasteiger partial charge in [0.05, 0.1) is 18.1 Å². The Labute approximate surface area is 108 Å². The van der Waals surface area contributed by atoms with E-state index < -0.39 is 11.9 Å². The SMILES string of the molecule is COC(=O)C(=O)N(C)Cc1ccc2[nH]c(=O)[nH]c2c1. The molecule has 7 heteroatoms. The van der Waals surface area contributed by atoms with Crippen molar-refractivity contribution in [2.75, 3.05) is 14.2 Å². The third-order valence-corrected chi connectivity index (χ3v) is 2.71. The number of nitrogens with zero attached hydrogens (tertiary/aromatic N) is 1.